The Morgan fingerprint density at radius 2 is 1.96 bits per heavy atom. The number of amides is 1. The molecule has 3 rings (SSSR count). The molecule has 8 nitrogen and oxygen atoms in total. The van der Waals surface area contributed by atoms with Crippen LogP contribution in [0.5, 0.6) is 0 Å². The molecule has 132 valence electrons. The first-order valence-electron chi connectivity index (χ1n) is 8.12. The molecule has 1 aliphatic carbocycles. The van der Waals surface area contributed by atoms with E-state index in [1.807, 2.05) is 6.92 Å². The molecule has 1 saturated carbocycles. The van der Waals surface area contributed by atoms with E-state index in [9.17, 15) is 19.2 Å². The number of fused-ring (bicyclic) bond motifs is 1. The van der Waals surface area contributed by atoms with Crippen LogP contribution in [0.1, 0.15) is 19.8 Å². The van der Waals surface area contributed by atoms with Crippen LogP contribution in [0.2, 0.25) is 0 Å². The van der Waals surface area contributed by atoms with Crippen LogP contribution in [0.15, 0.2) is 33.9 Å². The third kappa shape index (κ3) is 3.96. The standard InChI is InChI=1S/C17H19N3O5/c1-10(11-6-7-11)18-14(21)9-25-15(22)8-20-17(24)13-5-3-2-4-12(13)16(23)19-20/h2-5,10-11H,6-9H2,1H3,(H,18,21)(H,19,23)/t10-/m1/s1. The van der Waals surface area contributed by atoms with Gasteiger partial charge in [-0.15, -0.1) is 0 Å². The molecule has 8 heteroatoms. The Morgan fingerprint density at radius 3 is 2.64 bits per heavy atom. The lowest BCUT2D eigenvalue weighted by molar-refractivity contribution is -0.149. The molecule has 0 radical (unpaired) electrons. The monoisotopic (exact) mass is 345 g/mol. The third-order valence-electron chi connectivity index (χ3n) is 4.25. The largest absolute Gasteiger partial charge is 0.454 e. The molecule has 0 bridgehead atoms. The van der Waals surface area contributed by atoms with Crippen molar-refractivity contribution in [2.75, 3.05) is 6.61 Å². The van der Waals surface area contributed by atoms with Gasteiger partial charge in [-0.1, -0.05) is 12.1 Å². The first-order valence-corrected chi connectivity index (χ1v) is 8.12. The number of nitrogens with one attached hydrogen (secondary N) is 2. The van der Waals surface area contributed by atoms with Gasteiger partial charge in [-0.05, 0) is 37.8 Å². The first kappa shape index (κ1) is 16.9. The van der Waals surface area contributed by atoms with Gasteiger partial charge in [-0.25, -0.2) is 4.68 Å². The summed E-state index contributed by atoms with van der Waals surface area (Å²) in [6.45, 7) is 1.03. The molecule has 1 heterocycles. The predicted octanol–water partition coefficient (Wildman–Crippen LogP) is 0.148. The Bertz CT molecular complexity index is 926. The normalized spacial score (nSPS) is 14.9. The maximum Gasteiger partial charge on any atom is 0.328 e. The van der Waals surface area contributed by atoms with Crippen LogP contribution in [0, 0.1) is 5.92 Å². The number of aromatic amines is 1. The molecule has 0 unspecified atom stereocenters. The molecular formula is C17H19N3O5. The molecule has 1 aromatic heterocycles. The summed E-state index contributed by atoms with van der Waals surface area (Å²) in [7, 11) is 0. The SMILES string of the molecule is C[C@@H](NC(=O)COC(=O)Cn1[nH]c(=O)c2ccccc2c1=O)C1CC1. The van der Waals surface area contributed by atoms with Gasteiger partial charge in [-0.3, -0.25) is 24.3 Å². The van der Waals surface area contributed by atoms with Gasteiger partial charge in [-0.2, -0.15) is 0 Å². The Balaban J connectivity index is 1.62. The number of nitrogens with zero attached hydrogens (tertiary/aromatic N) is 1. The Morgan fingerprint density at radius 1 is 1.28 bits per heavy atom. The van der Waals surface area contributed by atoms with Crippen molar-refractivity contribution in [3.8, 4) is 0 Å². The zero-order valence-electron chi connectivity index (χ0n) is 13.8. The van der Waals surface area contributed by atoms with Crippen molar-refractivity contribution >= 4 is 22.6 Å². The van der Waals surface area contributed by atoms with E-state index in [0.717, 1.165) is 17.5 Å². The quantitative estimate of drug-likeness (QED) is 0.724. The number of H-pyrrole nitrogens is 1. The number of carbonyl (C=O) groups is 2. The Kier molecular flexibility index (Phi) is 4.69. The van der Waals surface area contributed by atoms with E-state index in [-0.39, 0.29) is 22.7 Å². The molecule has 1 amide bonds. The molecule has 2 aromatic rings. The number of rotatable bonds is 6. The summed E-state index contributed by atoms with van der Waals surface area (Å²) in [5.41, 5.74) is -0.974. The molecule has 0 spiro atoms. The van der Waals surface area contributed by atoms with E-state index in [1.165, 1.54) is 12.1 Å². The van der Waals surface area contributed by atoms with Crippen LogP contribution in [0.3, 0.4) is 0 Å². The second-order valence-electron chi connectivity index (χ2n) is 6.23. The Labute approximate surface area is 142 Å². The van der Waals surface area contributed by atoms with Gasteiger partial charge in [0.25, 0.3) is 17.0 Å². The number of aromatic nitrogens is 2. The van der Waals surface area contributed by atoms with Crippen molar-refractivity contribution in [1.29, 1.82) is 0 Å². The van der Waals surface area contributed by atoms with Crippen molar-refractivity contribution in [2.45, 2.75) is 32.4 Å². The molecule has 1 aromatic carbocycles. The summed E-state index contributed by atoms with van der Waals surface area (Å²) in [5, 5.41) is 5.58. The van der Waals surface area contributed by atoms with Crippen LogP contribution in [0.4, 0.5) is 0 Å². The van der Waals surface area contributed by atoms with E-state index in [4.69, 9.17) is 4.74 Å². The van der Waals surface area contributed by atoms with E-state index in [0.29, 0.717) is 5.92 Å². The van der Waals surface area contributed by atoms with Gasteiger partial charge in [0.1, 0.15) is 6.54 Å². The fraction of sp³-hybridized carbons (Fsp3) is 0.412. The van der Waals surface area contributed by atoms with Crippen LogP contribution < -0.4 is 16.4 Å². The number of benzene rings is 1. The zero-order valence-corrected chi connectivity index (χ0v) is 13.8. The van der Waals surface area contributed by atoms with Gasteiger partial charge in [0.15, 0.2) is 6.61 Å². The van der Waals surface area contributed by atoms with Gasteiger partial charge < -0.3 is 10.1 Å². The highest BCUT2D eigenvalue weighted by Crippen LogP contribution is 2.32. The molecule has 1 aliphatic rings. The molecule has 1 fully saturated rings. The van der Waals surface area contributed by atoms with Crippen LogP contribution in [-0.2, 0) is 20.9 Å². The molecule has 25 heavy (non-hydrogen) atoms. The average Bonchev–Trinajstić information content (AvgIpc) is 3.43. The second kappa shape index (κ2) is 6.92. The number of carbonyl (C=O) groups excluding carboxylic acids is 2. The average molecular weight is 345 g/mol. The summed E-state index contributed by atoms with van der Waals surface area (Å²) in [4.78, 5) is 47.8. The lowest BCUT2D eigenvalue weighted by atomic mass is 10.2. The van der Waals surface area contributed by atoms with Gasteiger partial charge in [0.05, 0.1) is 10.8 Å². The lowest BCUT2D eigenvalue weighted by Gasteiger charge is -2.13. The summed E-state index contributed by atoms with van der Waals surface area (Å²) in [5.74, 6) is -0.657. The topological polar surface area (TPSA) is 110 Å². The number of hydrogen-bond acceptors (Lipinski definition) is 5. The second-order valence-corrected chi connectivity index (χ2v) is 6.23. The van der Waals surface area contributed by atoms with Gasteiger partial charge in [0, 0.05) is 6.04 Å². The van der Waals surface area contributed by atoms with Crippen LogP contribution in [-0.4, -0.2) is 34.3 Å². The summed E-state index contributed by atoms with van der Waals surface area (Å²) < 4.78 is 5.77. The van der Waals surface area contributed by atoms with E-state index in [1.54, 1.807) is 12.1 Å². The number of hydrogen-bond donors (Lipinski definition) is 2. The molecule has 0 saturated heterocycles. The van der Waals surface area contributed by atoms with Crippen molar-refractivity contribution in [3.63, 3.8) is 0 Å². The zero-order chi connectivity index (χ0) is 18.0. The fourth-order valence-electron chi connectivity index (χ4n) is 2.69. The number of ether oxygens (including phenoxy) is 1. The lowest BCUT2D eigenvalue weighted by Crippen LogP contribution is -2.38. The van der Waals surface area contributed by atoms with Gasteiger partial charge in [0.2, 0.25) is 0 Å². The highest BCUT2D eigenvalue weighted by Gasteiger charge is 2.29. The molecular weight excluding hydrogens is 326 g/mol. The minimum atomic E-state index is -0.776. The van der Waals surface area contributed by atoms with E-state index < -0.39 is 30.2 Å². The smallest absolute Gasteiger partial charge is 0.328 e. The van der Waals surface area contributed by atoms with Crippen molar-refractivity contribution < 1.29 is 14.3 Å². The maximum atomic E-state index is 12.3. The third-order valence-corrected chi connectivity index (χ3v) is 4.25. The fourth-order valence-corrected chi connectivity index (χ4v) is 2.69. The highest BCUT2D eigenvalue weighted by molar-refractivity contribution is 5.82. The van der Waals surface area contributed by atoms with E-state index in [2.05, 4.69) is 10.4 Å². The van der Waals surface area contributed by atoms with Crippen molar-refractivity contribution in [3.05, 3.63) is 45.0 Å². The summed E-state index contributed by atoms with van der Waals surface area (Å²) in [6, 6.07) is 6.39. The minimum absolute atomic E-state index is 0.0608. The van der Waals surface area contributed by atoms with Crippen LogP contribution >= 0.6 is 0 Å². The van der Waals surface area contributed by atoms with Crippen LogP contribution in [0.25, 0.3) is 10.8 Å². The van der Waals surface area contributed by atoms with Crippen molar-refractivity contribution in [2.24, 2.45) is 5.92 Å². The summed E-state index contributed by atoms with van der Waals surface area (Å²) in [6.07, 6.45) is 2.19. The van der Waals surface area contributed by atoms with Gasteiger partial charge >= 0.3 is 5.97 Å². The van der Waals surface area contributed by atoms with Crippen molar-refractivity contribution in [1.82, 2.24) is 15.1 Å². The molecule has 1 atom stereocenters. The molecule has 2 N–H and O–H groups in total. The molecule has 0 aliphatic heterocycles. The van der Waals surface area contributed by atoms with E-state index >= 15 is 0 Å². The minimum Gasteiger partial charge on any atom is -0.454 e. The Hall–Kier alpha value is -2.90. The predicted molar refractivity (Wildman–Crippen MR) is 90.1 cm³/mol. The summed E-state index contributed by atoms with van der Waals surface area (Å²) >= 11 is 0. The number of esters is 1. The highest BCUT2D eigenvalue weighted by atomic mass is 16.5. The first-order chi connectivity index (χ1) is 12.0. The maximum absolute atomic E-state index is 12.3.